The molecule has 0 aliphatic carbocycles. The number of hydrogen-bond acceptors (Lipinski definition) is 6. The summed E-state index contributed by atoms with van der Waals surface area (Å²) in [6.07, 6.45) is 5.94. The maximum absolute atomic E-state index is 5.79. The van der Waals surface area contributed by atoms with Gasteiger partial charge >= 0.3 is 0 Å². The quantitative estimate of drug-likeness (QED) is 0.907. The lowest BCUT2D eigenvalue weighted by atomic mass is 10.2. The number of hydrogen-bond donors (Lipinski definition) is 1. The van der Waals surface area contributed by atoms with Crippen LogP contribution in [0.15, 0.2) is 24.0 Å². The van der Waals surface area contributed by atoms with E-state index in [2.05, 4.69) is 19.9 Å². The molecule has 5 nitrogen and oxygen atoms in total. The van der Waals surface area contributed by atoms with Gasteiger partial charge in [0.25, 0.3) is 0 Å². The second-order valence-electron chi connectivity index (χ2n) is 4.33. The standard InChI is InChI=1S/C12H15N5S/c13-6-9-2-1-5-17(9)12-15-4-3-10(16-12)11-7-14-8-18-11/h3-4,7-9H,1-2,5-6,13H2. The van der Waals surface area contributed by atoms with E-state index >= 15 is 0 Å². The third kappa shape index (κ3) is 2.09. The van der Waals surface area contributed by atoms with Gasteiger partial charge in [-0.1, -0.05) is 0 Å². The van der Waals surface area contributed by atoms with E-state index in [0.29, 0.717) is 12.6 Å². The van der Waals surface area contributed by atoms with Crippen molar-refractivity contribution in [2.24, 2.45) is 5.73 Å². The maximum atomic E-state index is 5.79. The summed E-state index contributed by atoms with van der Waals surface area (Å²) in [5.74, 6) is 0.786. The van der Waals surface area contributed by atoms with Crippen LogP contribution in [0.2, 0.25) is 0 Å². The molecular weight excluding hydrogens is 246 g/mol. The minimum atomic E-state index is 0.377. The van der Waals surface area contributed by atoms with Crippen molar-refractivity contribution >= 4 is 17.3 Å². The first-order chi connectivity index (χ1) is 8.88. The number of anilines is 1. The lowest BCUT2D eigenvalue weighted by Crippen LogP contribution is -2.36. The molecule has 1 aliphatic rings. The van der Waals surface area contributed by atoms with Crippen LogP contribution in [0.4, 0.5) is 5.95 Å². The highest BCUT2D eigenvalue weighted by atomic mass is 32.1. The van der Waals surface area contributed by atoms with E-state index in [-0.39, 0.29) is 0 Å². The molecule has 0 aromatic carbocycles. The van der Waals surface area contributed by atoms with Crippen LogP contribution in [0.3, 0.4) is 0 Å². The summed E-state index contributed by atoms with van der Waals surface area (Å²) in [6, 6.07) is 2.30. The third-order valence-electron chi connectivity index (χ3n) is 3.23. The predicted molar refractivity (Wildman–Crippen MR) is 72.6 cm³/mol. The fourth-order valence-electron chi connectivity index (χ4n) is 2.31. The lowest BCUT2D eigenvalue weighted by Gasteiger charge is -2.23. The lowest BCUT2D eigenvalue weighted by molar-refractivity contribution is 0.664. The normalized spacial score (nSPS) is 19.4. The van der Waals surface area contributed by atoms with Crippen LogP contribution in [0.5, 0.6) is 0 Å². The number of nitrogens with zero attached hydrogens (tertiary/aromatic N) is 4. The minimum absolute atomic E-state index is 0.377. The summed E-state index contributed by atoms with van der Waals surface area (Å²) < 4.78 is 0. The minimum Gasteiger partial charge on any atom is -0.337 e. The number of rotatable bonds is 3. The zero-order chi connectivity index (χ0) is 12.4. The second kappa shape index (κ2) is 4.99. The molecule has 94 valence electrons. The summed E-state index contributed by atoms with van der Waals surface area (Å²) in [6.45, 7) is 1.65. The van der Waals surface area contributed by atoms with Gasteiger partial charge in [-0.3, -0.25) is 4.98 Å². The first-order valence-electron chi connectivity index (χ1n) is 6.07. The third-order valence-corrected chi connectivity index (χ3v) is 4.03. The van der Waals surface area contributed by atoms with Gasteiger partial charge in [-0.2, -0.15) is 0 Å². The molecule has 0 amide bonds. The van der Waals surface area contributed by atoms with Crippen LogP contribution < -0.4 is 10.6 Å². The molecule has 1 fully saturated rings. The van der Waals surface area contributed by atoms with Gasteiger partial charge in [0.15, 0.2) is 0 Å². The molecule has 3 heterocycles. The van der Waals surface area contributed by atoms with Gasteiger partial charge < -0.3 is 10.6 Å². The summed E-state index contributed by atoms with van der Waals surface area (Å²) in [5, 5.41) is 0. The molecule has 1 atom stereocenters. The van der Waals surface area contributed by atoms with Crippen molar-refractivity contribution in [3.8, 4) is 10.6 Å². The number of thiazole rings is 1. The number of aromatic nitrogens is 3. The van der Waals surface area contributed by atoms with Crippen molar-refractivity contribution in [3.05, 3.63) is 24.0 Å². The zero-order valence-corrected chi connectivity index (χ0v) is 10.8. The van der Waals surface area contributed by atoms with E-state index in [1.165, 1.54) is 0 Å². The SMILES string of the molecule is NCC1CCCN1c1nccc(-c2cncs2)n1. The molecule has 2 aromatic rings. The van der Waals surface area contributed by atoms with Crippen LogP contribution in [0.25, 0.3) is 10.6 Å². The molecule has 2 aromatic heterocycles. The average molecular weight is 261 g/mol. The molecule has 0 bridgehead atoms. The van der Waals surface area contributed by atoms with Crippen molar-refractivity contribution < 1.29 is 0 Å². The zero-order valence-electron chi connectivity index (χ0n) is 9.99. The molecular formula is C12H15N5S. The smallest absolute Gasteiger partial charge is 0.226 e. The van der Waals surface area contributed by atoms with E-state index in [1.807, 2.05) is 24.0 Å². The molecule has 0 saturated carbocycles. The molecule has 6 heteroatoms. The highest BCUT2D eigenvalue weighted by Crippen LogP contribution is 2.25. The number of nitrogens with two attached hydrogens (primary N) is 1. The van der Waals surface area contributed by atoms with Crippen molar-refractivity contribution in [1.29, 1.82) is 0 Å². The van der Waals surface area contributed by atoms with Crippen molar-refractivity contribution in [3.63, 3.8) is 0 Å². The monoisotopic (exact) mass is 261 g/mol. The van der Waals surface area contributed by atoms with Crippen LogP contribution >= 0.6 is 11.3 Å². The Balaban J connectivity index is 1.91. The average Bonchev–Trinajstić information content (AvgIpc) is 3.10. The van der Waals surface area contributed by atoms with Gasteiger partial charge in [0.1, 0.15) is 0 Å². The Morgan fingerprint density at radius 3 is 3.22 bits per heavy atom. The molecule has 18 heavy (non-hydrogen) atoms. The summed E-state index contributed by atoms with van der Waals surface area (Å²) in [4.78, 5) is 16.4. The van der Waals surface area contributed by atoms with Gasteiger partial charge in [-0.05, 0) is 18.9 Å². The van der Waals surface area contributed by atoms with E-state index in [0.717, 1.165) is 35.9 Å². The Hall–Kier alpha value is -1.53. The molecule has 3 rings (SSSR count). The molecule has 0 radical (unpaired) electrons. The van der Waals surface area contributed by atoms with Crippen LogP contribution in [-0.2, 0) is 0 Å². The molecule has 1 unspecified atom stereocenters. The topological polar surface area (TPSA) is 67.9 Å². The van der Waals surface area contributed by atoms with Crippen LogP contribution in [-0.4, -0.2) is 34.1 Å². The van der Waals surface area contributed by atoms with Crippen molar-refractivity contribution in [2.45, 2.75) is 18.9 Å². The molecule has 0 spiro atoms. The van der Waals surface area contributed by atoms with E-state index in [9.17, 15) is 0 Å². The van der Waals surface area contributed by atoms with Crippen molar-refractivity contribution in [1.82, 2.24) is 15.0 Å². The largest absolute Gasteiger partial charge is 0.337 e. The van der Waals surface area contributed by atoms with Gasteiger partial charge in [-0.25, -0.2) is 9.97 Å². The Kier molecular flexibility index (Phi) is 3.21. The predicted octanol–water partition coefficient (Wildman–Crippen LogP) is 1.53. The Labute approximate surface area is 110 Å². The molecule has 2 N–H and O–H groups in total. The second-order valence-corrected chi connectivity index (χ2v) is 5.22. The van der Waals surface area contributed by atoms with Crippen LogP contribution in [0.1, 0.15) is 12.8 Å². The fraction of sp³-hybridized carbons (Fsp3) is 0.417. The van der Waals surface area contributed by atoms with Gasteiger partial charge in [0.2, 0.25) is 5.95 Å². The Bertz CT molecular complexity index is 513. The highest BCUT2D eigenvalue weighted by Gasteiger charge is 2.25. The fourth-order valence-corrected chi connectivity index (χ4v) is 2.90. The maximum Gasteiger partial charge on any atom is 0.226 e. The van der Waals surface area contributed by atoms with E-state index in [1.54, 1.807) is 11.3 Å². The summed E-state index contributed by atoms with van der Waals surface area (Å²) >= 11 is 1.59. The van der Waals surface area contributed by atoms with E-state index < -0.39 is 0 Å². The van der Waals surface area contributed by atoms with Gasteiger partial charge in [-0.15, -0.1) is 11.3 Å². The Morgan fingerprint density at radius 1 is 1.50 bits per heavy atom. The summed E-state index contributed by atoms with van der Waals surface area (Å²) in [7, 11) is 0. The van der Waals surface area contributed by atoms with E-state index in [4.69, 9.17) is 5.73 Å². The molecule has 1 saturated heterocycles. The first-order valence-corrected chi connectivity index (χ1v) is 6.95. The molecule has 1 aliphatic heterocycles. The Morgan fingerprint density at radius 2 is 2.44 bits per heavy atom. The summed E-state index contributed by atoms with van der Waals surface area (Å²) in [5.41, 5.74) is 8.54. The first kappa shape index (κ1) is 11.6. The van der Waals surface area contributed by atoms with Gasteiger partial charge in [0.05, 0.1) is 16.1 Å². The highest BCUT2D eigenvalue weighted by molar-refractivity contribution is 7.13. The van der Waals surface area contributed by atoms with Crippen LogP contribution in [0, 0.1) is 0 Å². The van der Waals surface area contributed by atoms with Crippen molar-refractivity contribution in [2.75, 3.05) is 18.0 Å². The van der Waals surface area contributed by atoms with Gasteiger partial charge in [0, 0.05) is 31.5 Å².